The molecule has 1 aromatic heterocycles. The molecule has 10 heteroatoms. The molecule has 2 aliphatic rings. The zero-order valence-corrected chi connectivity index (χ0v) is 24.0. The van der Waals surface area contributed by atoms with Gasteiger partial charge in [-0.1, -0.05) is 39.0 Å². The average molecular weight is 569 g/mol. The lowest BCUT2D eigenvalue weighted by molar-refractivity contribution is -0.123. The normalized spacial score (nSPS) is 19.4. The van der Waals surface area contributed by atoms with Crippen molar-refractivity contribution in [2.45, 2.75) is 57.3 Å². The summed E-state index contributed by atoms with van der Waals surface area (Å²) in [5.41, 5.74) is 2.80. The van der Waals surface area contributed by atoms with Gasteiger partial charge in [-0.15, -0.1) is 11.8 Å². The molecule has 2 atom stereocenters. The van der Waals surface area contributed by atoms with Crippen molar-refractivity contribution in [3.8, 4) is 5.69 Å². The largest absolute Gasteiger partial charge is 0.376 e. The maximum atomic E-state index is 15.3. The number of benzene rings is 2. The summed E-state index contributed by atoms with van der Waals surface area (Å²) in [5, 5.41) is 7.27. The van der Waals surface area contributed by atoms with E-state index in [0.29, 0.717) is 30.2 Å². The lowest BCUT2D eigenvalue weighted by atomic mass is 9.87. The number of carbonyl (C=O) groups is 2. The number of anilines is 1. The fourth-order valence-corrected chi connectivity index (χ4v) is 6.42. The van der Waals surface area contributed by atoms with Crippen molar-refractivity contribution in [2.24, 2.45) is 0 Å². The van der Waals surface area contributed by atoms with Gasteiger partial charge in [0.25, 0.3) is 0 Å². The summed E-state index contributed by atoms with van der Waals surface area (Å²) in [6, 6.07) is 11.2. The monoisotopic (exact) mass is 568 g/mol. The van der Waals surface area contributed by atoms with Crippen molar-refractivity contribution in [1.29, 1.82) is 0 Å². The quantitative estimate of drug-likeness (QED) is 0.441. The van der Waals surface area contributed by atoms with Crippen molar-refractivity contribution >= 4 is 29.4 Å². The van der Waals surface area contributed by atoms with E-state index in [-0.39, 0.29) is 35.8 Å². The van der Waals surface area contributed by atoms with Gasteiger partial charge in [-0.25, -0.2) is 13.5 Å². The zero-order valence-electron chi connectivity index (χ0n) is 23.2. The molecule has 40 heavy (non-hydrogen) atoms. The Morgan fingerprint density at radius 1 is 1.20 bits per heavy atom. The highest BCUT2D eigenvalue weighted by Gasteiger charge is 2.40. The van der Waals surface area contributed by atoms with Gasteiger partial charge in [-0.2, -0.15) is 5.10 Å². The summed E-state index contributed by atoms with van der Waals surface area (Å²) in [6.07, 6.45) is 1.80. The number of carbonyl (C=O) groups excluding carboxylic acids is 2. The Morgan fingerprint density at radius 3 is 2.67 bits per heavy atom. The van der Waals surface area contributed by atoms with E-state index in [0.717, 1.165) is 30.2 Å². The predicted molar refractivity (Wildman–Crippen MR) is 152 cm³/mol. The van der Waals surface area contributed by atoms with Crippen molar-refractivity contribution in [3.05, 3.63) is 76.5 Å². The molecular formula is C30H34F2N4O3S. The molecule has 0 spiro atoms. The van der Waals surface area contributed by atoms with Crippen LogP contribution >= 0.6 is 11.8 Å². The van der Waals surface area contributed by atoms with E-state index in [4.69, 9.17) is 9.84 Å². The number of ether oxygens (including phenoxy) is 1. The number of amides is 2. The van der Waals surface area contributed by atoms with Gasteiger partial charge in [-0.3, -0.25) is 14.5 Å². The maximum Gasteiger partial charge on any atom is 0.240 e. The summed E-state index contributed by atoms with van der Waals surface area (Å²) in [6.45, 7) is 8.80. The minimum absolute atomic E-state index is 0.00653. The summed E-state index contributed by atoms with van der Waals surface area (Å²) >= 11 is 1.26. The van der Waals surface area contributed by atoms with E-state index in [1.54, 1.807) is 4.68 Å². The predicted octanol–water partition coefficient (Wildman–Crippen LogP) is 5.22. The smallest absolute Gasteiger partial charge is 0.240 e. The standard InChI is InChI=1S/C30H34F2N4O3S/c1-18-7-5-8-20(13-18)36-29-26(28(34-36)30(2,3)4)27(22-11-10-19(31)14-23(22)32)40-17-25(38)35(29)16-24(37)33-15-21-9-6-12-39-21/h5,7-8,10-11,13-14,21,27H,6,9,12,15-17H2,1-4H3,(H,33,37). The Labute approximate surface area is 237 Å². The fourth-order valence-electron chi connectivity index (χ4n) is 5.21. The average Bonchev–Trinajstić information content (AvgIpc) is 3.53. The highest BCUT2D eigenvalue weighted by molar-refractivity contribution is 8.00. The molecule has 212 valence electrons. The Hall–Kier alpha value is -3.24. The van der Waals surface area contributed by atoms with E-state index in [9.17, 15) is 14.0 Å². The minimum Gasteiger partial charge on any atom is -0.376 e. The van der Waals surface area contributed by atoms with E-state index >= 15 is 4.39 Å². The van der Waals surface area contributed by atoms with Gasteiger partial charge in [0.1, 0.15) is 24.0 Å². The Balaban J connectivity index is 1.67. The molecule has 2 aliphatic heterocycles. The number of rotatable bonds is 6. The molecule has 7 nitrogen and oxygen atoms in total. The van der Waals surface area contributed by atoms with Crippen LogP contribution in [0.3, 0.4) is 0 Å². The van der Waals surface area contributed by atoms with Gasteiger partial charge in [0.05, 0.1) is 28.5 Å². The third-order valence-corrected chi connectivity index (χ3v) is 8.38. The van der Waals surface area contributed by atoms with Crippen molar-refractivity contribution in [1.82, 2.24) is 15.1 Å². The highest BCUT2D eigenvalue weighted by atomic mass is 32.2. The first kappa shape index (κ1) is 28.3. The van der Waals surface area contributed by atoms with Crippen LogP contribution in [0, 0.1) is 18.6 Å². The van der Waals surface area contributed by atoms with Crippen LogP contribution < -0.4 is 10.2 Å². The molecule has 1 fully saturated rings. The van der Waals surface area contributed by atoms with Crippen LogP contribution in [0.1, 0.15) is 61.2 Å². The van der Waals surface area contributed by atoms with E-state index in [1.807, 2.05) is 52.0 Å². The number of aromatic nitrogens is 2. The number of nitrogens with zero attached hydrogens (tertiary/aromatic N) is 3. The van der Waals surface area contributed by atoms with E-state index < -0.39 is 22.3 Å². The summed E-state index contributed by atoms with van der Waals surface area (Å²) < 4.78 is 36.5. The second kappa shape index (κ2) is 11.3. The Kier molecular flexibility index (Phi) is 8.01. The molecule has 3 heterocycles. The lowest BCUT2D eigenvalue weighted by Gasteiger charge is -2.25. The number of hydrogen-bond acceptors (Lipinski definition) is 5. The molecule has 5 rings (SSSR count). The van der Waals surface area contributed by atoms with Crippen LogP contribution in [0.5, 0.6) is 0 Å². The fraction of sp³-hybridized carbons (Fsp3) is 0.433. The second-order valence-electron chi connectivity index (χ2n) is 11.4. The molecule has 0 saturated carbocycles. The Morgan fingerprint density at radius 2 is 2.00 bits per heavy atom. The SMILES string of the molecule is Cc1cccc(-n2nc(C(C)(C)C)c3c2N(CC(=O)NCC2CCCO2)C(=O)CSC3c2ccc(F)cc2F)c1. The number of thioether (sulfide) groups is 1. The maximum absolute atomic E-state index is 15.3. The van der Waals surface area contributed by atoms with Crippen LogP contribution in [-0.2, 0) is 19.7 Å². The number of fused-ring (bicyclic) bond motifs is 1. The molecule has 0 radical (unpaired) electrons. The van der Waals surface area contributed by atoms with Crippen LogP contribution in [0.25, 0.3) is 5.69 Å². The van der Waals surface area contributed by atoms with Crippen LogP contribution in [0.4, 0.5) is 14.6 Å². The summed E-state index contributed by atoms with van der Waals surface area (Å²) in [5.74, 6) is -1.55. The Bertz CT molecular complexity index is 1430. The minimum atomic E-state index is -0.693. The third kappa shape index (κ3) is 5.78. The van der Waals surface area contributed by atoms with Gasteiger partial charge in [0, 0.05) is 35.8 Å². The van der Waals surface area contributed by atoms with Crippen molar-refractivity contribution < 1.29 is 23.1 Å². The molecule has 0 bridgehead atoms. The highest BCUT2D eigenvalue weighted by Crippen LogP contribution is 2.49. The van der Waals surface area contributed by atoms with Gasteiger partial charge >= 0.3 is 0 Å². The molecule has 3 aromatic rings. The van der Waals surface area contributed by atoms with Gasteiger partial charge in [0.15, 0.2) is 0 Å². The first-order valence-corrected chi connectivity index (χ1v) is 14.5. The van der Waals surface area contributed by atoms with Crippen molar-refractivity contribution in [2.75, 3.05) is 30.3 Å². The van der Waals surface area contributed by atoms with Crippen LogP contribution in [0.15, 0.2) is 42.5 Å². The number of halogens is 2. The number of hydrogen-bond donors (Lipinski definition) is 1. The molecule has 2 unspecified atom stereocenters. The number of nitrogens with one attached hydrogen (secondary N) is 1. The first-order valence-electron chi connectivity index (χ1n) is 13.5. The second-order valence-corrected chi connectivity index (χ2v) is 12.5. The number of aryl methyl sites for hydroxylation is 1. The molecule has 1 N–H and O–H groups in total. The van der Waals surface area contributed by atoms with E-state index in [2.05, 4.69) is 5.32 Å². The third-order valence-electron chi connectivity index (χ3n) is 7.14. The van der Waals surface area contributed by atoms with Crippen LogP contribution in [-0.4, -0.2) is 53.1 Å². The van der Waals surface area contributed by atoms with Crippen LogP contribution in [0.2, 0.25) is 0 Å². The zero-order chi connectivity index (χ0) is 28.6. The van der Waals surface area contributed by atoms with Crippen molar-refractivity contribution in [3.63, 3.8) is 0 Å². The van der Waals surface area contributed by atoms with E-state index in [1.165, 1.54) is 28.8 Å². The summed E-state index contributed by atoms with van der Waals surface area (Å²) in [7, 11) is 0. The molecule has 1 saturated heterocycles. The molecule has 2 aromatic carbocycles. The van der Waals surface area contributed by atoms with Gasteiger partial charge in [-0.05, 0) is 43.5 Å². The van der Waals surface area contributed by atoms with Gasteiger partial charge in [0.2, 0.25) is 11.8 Å². The molecular weight excluding hydrogens is 534 g/mol. The first-order chi connectivity index (χ1) is 19.0. The topological polar surface area (TPSA) is 76.5 Å². The molecule has 2 amide bonds. The molecule has 0 aliphatic carbocycles. The summed E-state index contributed by atoms with van der Waals surface area (Å²) in [4.78, 5) is 28.3. The lowest BCUT2D eigenvalue weighted by Crippen LogP contribution is -2.44. The van der Waals surface area contributed by atoms with Gasteiger partial charge < -0.3 is 10.1 Å².